The van der Waals surface area contributed by atoms with Crippen LogP contribution in [0.25, 0.3) is 0 Å². The second-order valence-corrected chi connectivity index (χ2v) is 4.53. The van der Waals surface area contributed by atoms with E-state index in [4.69, 9.17) is 5.73 Å². The van der Waals surface area contributed by atoms with Crippen molar-refractivity contribution in [1.29, 1.82) is 0 Å². The number of hydrogen-bond acceptors (Lipinski definition) is 2. The fraction of sp³-hybridized carbons (Fsp3) is 1.00. The molecule has 0 radical (unpaired) electrons. The molecule has 0 aliphatic heterocycles. The summed E-state index contributed by atoms with van der Waals surface area (Å²) in [6.07, 6.45) is 0. The molecule has 2 nitrogen and oxygen atoms in total. The molecule has 0 rings (SSSR count). The third-order valence-corrected chi connectivity index (χ3v) is 1.55. The van der Waals surface area contributed by atoms with E-state index in [2.05, 4.69) is 33.0 Å². The Balaban J connectivity index is 3.28. The van der Waals surface area contributed by atoms with Crippen molar-refractivity contribution >= 4 is 0 Å². The predicted molar refractivity (Wildman–Crippen MR) is 50.5 cm³/mol. The van der Waals surface area contributed by atoms with Gasteiger partial charge in [0, 0.05) is 0 Å². The minimum Gasteiger partial charge on any atom is -0.330 e. The first kappa shape index (κ1) is 10.9. The lowest BCUT2D eigenvalue weighted by Crippen LogP contribution is -2.32. The zero-order valence-corrected chi connectivity index (χ0v) is 8.28. The van der Waals surface area contributed by atoms with E-state index in [0.29, 0.717) is 11.3 Å². The molecule has 11 heavy (non-hydrogen) atoms. The summed E-state index contributed by atoms with van der Waals surface area (Å²) in [6.45, 7) is 11.7. The van der Waals surface area contributed by atoms with Gasteiger partial charge < -0.3 is 11.1 Å². The molecule has 0 aromatic heterocycles. The number of hydrogen-bond donors (Lipinski definition) is 2. The second-order valence-electron chi connectivity index (χ2n) is 4.53. The third-order valence-electron chi connectivity index (χ3n) is 1.55. The lowest BCUT2D eigenvalue weighted by Gasteiger charge is -2.20. The maximum Gasteiger partial charge on any atom is -0.000000211 e. The highest BCUT2D eigenvalue weighted by Gasteiger charge is 2.09. The Morgan fingerprint density at radius 3 is 2.27 bits per heavy atom. The summed E-state index contributed by atoms with van der Waals surface area (Å²) in [5.41, 5.74) is 5.87. The lowest BCUT2D eigenvalue weighted by atomic mass is 9.97. The summed E-state index contributed by atoms with van der Waals surface area (Å²) in [4.78, 5) is 0. The average Bonchev–Trinajstić information content (AvgIpc) is 1.85. The Bertz CT molecular complexity index is 94.2. The first-order valence-electron chi connectivity index (χ1n) is 4.36. The largest absolute Gasteiger partial charge is 0.330 e. The summed E-state index contributed by atoms with van der Waals surface area (Å²) in [5.74, 6) is 0.595. The van der Waals surface area contributed by atoms with Crippen LogP contribution in [0.4, 0.5) is 0 Å². The maximum atomic E-state index is 5.48. The highest BCUT2D eigenvalue weighted by Crippen LogP contribution is 2.10. The Morgan fingerprint density at radius 1 is 1.36 bits per heavy atom. The van der Waals surface area contributed by atoms with Crippen LogP contribution in [0.3, 0.4) is 0 Å². The summed E-state index contributed by atoms with van der Waals surface area (Å²) < 4.78 is 0. The molecule has 0 bridgehead atoms. The molecule has 68 valence electrons. The van der Waals surface area contributed by atoms with Gasteiger partial charge in [-0.15, -0.1) is 0 Å². The molecular formula is C9H22N2. The molecule has 0 spiro atoms. The molecule has 1 unspecified atom stereocenters. The van der Waals surface area contributed by atoms with E-state index in [1.165, 1.54) is 0 Å². The SMILES string of the molecule is CC(CN)CNCC(C)(C)C. The van der Waals surface area contributed by atoms with Gasteiger partial charge in [0.05, 0.1) is 0 Å². The Hall–Kier alpha value is -0.0800. The molecule has 0 fully saturated rings. The first-order valence-corrected chi connectivity index (χ1v) is 4.36. The van der Waals surface area contributed by atoms with Crippen LogP contribution in [-0.2, 0) is 0 Å². The van der Waals surface area contributed by atoms with Gasteiger partial charge in [0.15, 0.2) is 0 Å². The van der Waals surface area contributed by atoms with E-state index in [1.54, 1.807) is 0 Å². The summed E-state index contributed by atoms with van der Waals surface area (Å²) in [5, 5.41) is 3.40. The van der Waals surface area contributed by atoms with Crippen LogP contribution in [0, 0.1) is 11.3 Å². The molecule has 3 N–H and O–H groups in total. The number of nitrogens with two attached hydrogens (primary N) is 1. The standard InChI is InChI=1S/C9H22N2/c1-8(5-10)6-11-7-9(2,3)4/h8,11H,5-7,10H2,1-4H3. The van der Waals surface area contributed by atoms with Gasteiger partial charge in [0.2, 0.25) is 0 Å². The van der Waals surface area contributed by atoms with Gasteiger partial charge in [-0.05, 0) is 31.0 Å². The van der Waals surface area contributed by atoms with Crippen molar-refractivity contribution in [3.8, 4) is 0 Å². The van der Waals surface area contributed by atoms with Crippen molar-refractivity contribution in [3.63, 3.8) is 0 Å². The second kappa shape index (κ2) is 4.73. The van der Waals surface area contributed by atoms with E-state index >= 15 is 0 Å². The Morgan fingerprint density at radius 2 is 1.91 bits per heavy atom. The zero-order valence-electron chi connectivity index (χ0n) is 8.28. The van der Waals surface area contributed by atoms with Gasteiger partial charge in [0.1, 0.15) is 0 Å². The highest BCUT2D eigenvalue weighted by molar-refractivity contribution is 4.66. The Labute approximate surface area is 70.5 Å². The fourth-order valence-corrected chi connectivity index (χ4v) is 0.777. The van der Waals surface area contributed by atoms with Crippen molar-refractivity contribution in [2.45, 2.75) is 27.7 Å². The first-order chi connectivity index (χ1) is 4.95. The smallest absolute Gasteiger partial charge is 0.000000211 e. The quantitative estimate of drug-likeness (QED) is 0.645. The van der Waals surface area contributed by atoms with Crippen molar-refractivity contribution in [2.24, 2.45) is 17.1 Å². The van der Waals surface area contributed by atoms with E-state index in [-0.39, 0.29) is 0 Å². The molecule has 0 saturated carbocycles. The van der Waals surface area contributed by atoms with E-state index in [9.17, 15) is 0 Å². The van der Waals surface area contributed by atoms with E-state index in [0.717, 1.165) is 19.6 Å². The van der Waals surface area contributed by atoms with Gasteiger partial charge >= 0.3 is 0 Å². The van der Waals surface area contributed by atoms with Crippen molar-refractivity contribution in [2.75, 3.05) is 19.6 Å². The molecule has 2 heteroatoms. The lowest BCUT2D eigenvalue weighted by molar-refractivity contribution is 0.365. The van der Waals surface area contributed by atoms with Crippen LogP contribution in [0.15, 0.2) is 0 Å². The van der Waals surface area contributed by atoms with Crippen LogP contribution in [-0.4, -0.2) is 19.6 Å². The van der Waals surface area contributed by atoms with Crippen LogP contribution in [0.5, 0.6) is 0 Å². The zero-order chi connectivity index (χ0) is 8.91. The Kier molecular flexibility index (Phi) is 4.69. The monoisotopic (exact) mass is 158 g/mol. The molecule has 0 aromatic carbocycles. The predicted octanol–water partition coefficient (Wildman–Crippen LogP) is 1.22. The molecule has 0 heterocycles. The van der Waals surface area contributed by atoms with E-state index < -0.39 is 0 Å². The van der Waals surface area contributed by atoms with E-state index in [1.807, 2.05) is 0 Å². The van der Waals surface area contributed by atoms with Crippen molar-refractivity contribution < 1.29 is 0 Å². The van der Waals surface area contributed by atoms with Crippen LogP contribution in [0.2, 0.25) is 0 Å². The summed E-state index contributed by atoms with van der Waals surface area (Å²) in [6, 6.07) is 0. The van der Waals surface area contributed by atoms with Crippen molar-refractivity contribution in [3.05, 3.63) is 0 Å². The van der Waals surface area contributed by atoms with Crippen LogP contribution >= 0.6 is 0 Å². The molecule has 0 aliphatic rings. The highest BCUT2D eigenvalue weighted by atomic mass is 14.9. The normalized spacial score (nSPS) is 15.0. The number of nitrogens with one attached hydrogen (secondary N) is 1. The molecule has 1 atom stereocenters. The van der Waals surface area contributed by atoms with Crippen LogP contribution in [0.1, 0.15) is 27.7 Å². The molecule has 0 aliphatic carbocycles. The van der Waals surface area contributed by atoms with Gasteiger partial charge in [-0.1, -0.05) is 27.7 Å². The molecule has 0 aromatic rings. The van der Waals surface area contributed by atoms with Crippen LogP contribution < -0.4 is 11.1 Å². The summed E-state index contributed by atoms with van der Waals surface area (Å²) >= 11 is 0. The van der Waals surface area contributed by atoms with Gasteiger partial charge in [-0.25, -0.2) is 0 Å². The van der Waals surface area contributed by atoms with Gasteiger partial charge in [0.25, 0.3) is 0 Å². The van der Waals surface area contributed by atoms with Crippen molar-refractivity contribution in [1.82, 2.24) is 5.32 Å². The minimum absolute atomic E-state index is 0.383. The topological polar surface area (TPSA) is 38.0 Å². The fourth-order valence-electron chi connectivity index (χ4n) is 0.777. The molecule has 0 saturated heterocycles. The van der Waals surface area contributed by atoms with Gasteiger partial charge in [-0.2, -0.15) is 0 Å². The van der Waals surface area contributed by atoms with Gasteiger partial charge in [-0.3, -0.25) is 0 Å². The third kappa shape index (κ3) is 7.82. The average molecular weight is 158 g/mol. The maximum absolute atomic E-state index is 5.48. The molecular weight excluding hydrogens is 136 g/mol. The molecule has 0 amide bonds. The summed E-state index contributed by atoms with van der Waals surface area (Å²) in [7, 11) is 0. The minimum atomic E-state index is 0.383. The number of rotatable bonds is 4.